The second kappa shape index (κ2) is 5.96. The highest BCUT2D eigenvalue weighted by atomic mass is 16.6. The Kier molecular flexibility index (Phi) is 4.09. The molecule has 2 N–H and O–H groups in total. The Labute approximate surface area is 116 Å². The van der Waals surface area contributed by atoms with Gasteiger partial charge in [0.15, 0.2) is 0 Å². The number of anilines is 2. The van der Waals surface area contributed by atoms with Crippen LogP contribution in [0.5, 0.6) is 0 Å². The first-order valence-corrected chi connectivity index (χ1v) is 6.17. The van der Waals surface area contributed by atoms with E-state index in [-0.39, 0.29) is 11.5 Å². The molecule has 0 amide bonds. The van der Waals surface area contributed by atoms with Crippen LogP contribution in [0.2, 0.25) is 0 Å². The molecule has 0 spiro atoms. The van der Waals surface area contributed by atoms with Crippen molar-refractivity contribution in [1.29, 1.82) is 0 Å². The molecule has 0 aliphatic rings. The van der Waals surface area contributed by atoms with E-state index in [0.717, 1.165) is 5.69 Å². The molecule has 0 bridgehead atoms. The van der Waals surface area contributed by atoms with Crippen LogP contribution in [-0.2, 0) is 6.54 Å². The molecule has 104 valence electrons. The summed E-state index contributed by atoms with van der Waals surface area (Å²) in [5.41, 5.74) is 6.33. The highest BCUT2D eigenvalue weighted by molar-refractivity contribution is 5.58. The summed E-state index contributed by atoms with van der Waals surface area (Å²) >= 11 is 0. The molecule has 0 fully saturated rings. The molecule has 0 atom stereocenters. The van der Waals surface area contributed by atoms with Gasteiger partial charge in [-0.05, 0) is 25.1 Å². The molecular weight excluding hydrogens is 258 g/mol. The first-order chi connectivity index (χ1) is 9.61. The van der Waals surface area contributed by atoms with Gasteiger partial charge < -0.3 is 10.6 Å². The SMILES string of the molecule is CCN(Cc1ccccn1)c1ccc([N+](=O)[O-])c(N)n1. The predicted molar refractivity (Wildman–Crippen MR) is 76.3 cm³/mol. The molecular formula is C13H15N5O2. The van der Waals surface area contributed by atoms with E-state index in [1.165, 1.54) is 6.07 Å². The van der Waals surface area contributed by atoms with Crippen LogP contribution in [0.25, 0.3) is 0 Å². The average Bonchev–Trinajstić information content (AvgIpc) is 2.45. The van der Waals surface area contributed by atoms with Crippen molar-refractivity contribution in [2.24, 2.45) is 0 Å². The van der Waals surface area contributed by atoms with E-state index in [2.05, 4.69) is 9.97 Å². The predicted octanol–water partition coefficient (Wildman–Crippen LogP) is 1.99. The van der Waals surface area contributed by atoms with E-state index in [4.69, 9.17) is 5.73 Å². The molecule has 0 saturated carbocycles. The zero-order chi connectivity index (χ0) is 14.5. The minimum absolute atomic E-state index is 0.0769. The van der Waals surface area contributed by atoms with E-state index < -0.39 is 4.92 Å². The van der Waals surface area contributed by atoms with Crippen LogP contribution in [0.1, 0.15) is 12.6 Å². The Morgan fingerprint density at radius 1 is 1.35 bits per heavy atom. The standard InChI is InChI=1S/C13H15N5O2/c1-2-17(9-10-5-3-4-8-15-10)12-7-6-11(18(19)20)13(14)16-12/h3-8H,2,9H2,1H3,(H2,14,16). The summed E-state index contributed by atoms with van der Waals surface area (Å²) in [4.78, 5) is 20.5. The van der Waals surface area contributed by atoms with Crippen molar-refractivity contribution < 1.29 is 4.92 Å². The van der Waals surface area contributed by atoms with Crippen molar-refractivity contribution in [2.45, 2.75) is 13.5 Å². The van der Waals surface area contributed by atoms with Crippen LogP contribution in [0.3, 0.4) is 0 Å². The third-order valence-electron chi connectivity index (χ3n) is 2.87. The molecule has 0 aliphatic heterocycles. The average molecular weight is 273 g/mol. The quantitative estimate of drug-likeness (QED) is 0.660. The normalized spacial score (nSPS) is 10.2. The fourth-order valence-electron chi connectivity index (χ4n) is 1.83. The molecule has 0 aliphatic carbocycles. The van der Waals surface area contributed by atoms with Crippen LogP contribution < -0.4 is 10.6 Å². The number of hydrogen-bond donors (Lipinski definition) is 1. The molecule has 2 rings (SSSR count). The van der Waals surface area contributed by atoms with Gasteiger partial charge in [-0.3, -0.25) is 15.1 Å². The second-order valence-corrected chi connectivity index (χ2v) is 4.17. The monoisotopic (exact) mass is 273 g/mol. The summed E-state index contributed by atoms with van der Waals surface area (Å²) in [5, 5.41) is 10.7. The maximum absolute atomic E-state index is 10.7. The number of nitrogens with two attached hydrogens (primary N) is 1. The lowest BCUT2D eigenvalue weighted by Crippen LogP contribution is -2.24. The molecule has 2 aromatic heterocycles. The Hall–Kier alpha value is -2.70. The van der Waals surface area contributed by atoms with Crippen LogP contribution in [0.15, 0.2) is 36.5 Å². The molecule has 0 saturated heterocycles. The second-order valence-electron chi connectivity index (χ2n) is 4.17. The fourth-order valence-corrected chi connectivity index (χ4v) is 1.83. The lowest BCUT2D eigenvalue weighted by atomic mass is 10.3. The third kappa shape index (κ3) is 3.00. The van der Waals surface area contributed by atoms with Gasteiger partial charge in [-0.25, -0.2) is 4.98 Å². The molecule has 7 nitrogen and oxygen atoms in total. The summed E-state index contributed by atoms with van der Waals surface area (Å²) in [5.74, 6) is 0.522. The molecule has 2 aromatic rings. The Morgan fingerprint density at radius 2 is 2.15 bits per heavy atom. The number of hydrogen-bond acceptors (Lipinski definition) is 6. The van der Waals surface area contributed by atoms with E-state index >= 15 is 0 Å². The van der Waals surface area contributed by atoms with Crippen LogP contribution >= 0.6 is 0 Å². The van der Waals surface area contributed by atoms with Crippen molar-refractivity contribution >= 4 is 17.3 Å². The first kappa shape index (κ1) is 13.7. The van der Waals surface area contributed by atoms with Crippen molar-refractivity contribution in [3.63, 3.8) is 0 Å². The van der Waals surface area contributed by atoms with Crippen LogP contribution in [0, 0.1) is 10.1 Å². The minimum Gasteiger partial charge on any atom is -0.378 e. The summed E-state index contributed by atoms with van der Waals surface area (Å²) < 4.78 is 0. The lowest BCUT2D eigenvalue weighted by molar-refractivity contribution is -0.384. The van der Waals surface area contributed by atoms with Crippen molar-refractivity contribution in [1.82, 2.24) is 9.97 Å². The maximum atomic E-state index is 10.7. The largest absolute Gasteiger partial charge is 0.378 e. The maximum Gasteiger partial charge on any atom is 0.311 e. The van der Waals surface area contributed by atoms with Crippen molar-refractivity contribution in [3.05, 3.63) is 52.3 Å². The van der Waals surface area contributed by atoms with Gasteiger partial charge in [0.25, 0.3) is 0 Å². The molecule has 7 heteroatoms. The summed E-state index contributed by atoms with van der Waals surface area (Å²) in [6.45, 7) is 3.24. The number of nitrogens with zero attached hydrogens (tertiary/aromatic N) is 4. The van der Waals surface area contributed by atoms with Gasteiger partial charge in [0, 0.05) is 18.8 Å². The lowest BCUT2D eigenvalue weighted by Gasteiger charge is -2.21. The minimum atomic E-state index is -0.541. The van der Waals surface area contributed by atoms with E-state index in [0.29, 0.717) is 18.9 Å². The highest BCUT2D eigenvalue weighted by Crippen LogP contribution is 2.23. The van der Waals surface area contributed by atoms with E-state index in [1.54, 1.807) is 12.3 Å². The smallest absolute Gasteiger partial charge is 0.311 e. The van der Waals surface area contributed by atoms with Crippen LogP contribution in [-0.4, -0.2) is 21.4 Å². The highest BCUT2D eigenvalue weighted by Gasteiger charge is 2.15. The Balaban J connectivity index is 2.24. The third-order valence-corrected chi connectivity index (χ3v) is 2.87. The summed E-state index contributed by atoms with van der Waals surface area (Å²) in [6.07, 6.45) is 1.72. The molecule has 20 heavy (non-hydrogen) atoms. The summed E-state index contributed by atoms with van der Waals surface area (Å²) in [7, 11) is 0. The van der Waals surface area contributed by atoms with Gasteiger partial charge in [0.2, 0.25) is 5.82 Å². The van der Waals surface area contributed by atoms with Crippen molar-refractivity contribution in [2.75, 3.05) is 17.2 Å². The Morgan fingerprint density at radius 3 is 2.70 bits per heavy atom. The van der Waals surface area contributed by atoms with Gasteiger partial charge in [0.1, 0.15) is 5.82 Å². The van der Waals surface area contributed by atoms with Crippen LogP contribution in [0.4, 0.5) is 17.3 Å². The number of aromatic nitrogens is 2. The molecule has 2 heterocycles. The van der Waals surface area contributed by atoms with Gasteiger partial charge in [-0.2, -0.15) is 0 Å². The van der Waals surface area contributed by atoms with Crippen molar-refractivity contribution in [3.8, 4) is 0 Å². The molecule has 0 aromatic carbocycles. The number of rotatable bonds is 5. The number of nitrogen functional groups attached to an aromatic ring is 1. The molecule has 0 unspecified atom stereocenters. The van der Waals surface area contributed by atoms with Gasteiger partial charge in [-0.1, -0.05) is 6.07 Å². The first-order valence-electron chi connectivity index (χ1n) is 6.17. The molecule has 0 radical (unpaired) electrons. The Bertz CT molecular complexity index is 603. The van der Waals surface area contributed by atoms with Gasteiger partial charge in [-0.15, -0.1) is 0 Å². The van der Waals surface area contributed by atoms with E-state index in [1.807, 2.05) is 30.0 Å². The zero-order valence-corrected chi connectivity index (χ0v) is 11.1. The number of nitro groups is 1. The number of pyridine rings is 2. The topological polar surface area (TPSA) is 98.2 Å². The van der Waals surface area contributed by atoms with E-state index in [9.17, 15) is 10.1 Å². The fraction of sp³-hybridized carbons (Fsp3) is 0.231. The summed E-state index contributed by atoms with van der Waals surface area (Å²) in [6, 6.07) is 8.65. The zero-order valence-electron chi connectivity index (χ0n) is 11.1. The van der Waals surface area contributed by atoms with Gasteiger partial charge in [0.05, 0.1) is 17.2 Å². The van der Waals surface area contributed by atoms with Gasteiger partial charge >= 0.3 is 5.69 Å².